The van der Waals surface area contributed by atoms with Gasteiger partial charge in [0, 0.05) is 18.1 Å². The lowest BCUT2D eigenvalue weighted by molar-refractivity contribution is 0.209. The zero-order chi connectivity index (χ0) is 25.9. The van der Waals surface area contributed by atoms with Crippen molar-refractivity contribution >= 4 is 21.6 Å². The van der Waals surface area contributed by atoms with Gasteiger partial charge in [-0.25, -0.2) is 23.2 Å². The van der Waals surface area contributed by atoms with E-state index in [9.17, 15) is 18.5 Å². The van der Waals surface area contributed by atoms with E-state index in [1.54, 1.807) is 31.3 Å². The van der Waals surface area contributed by atoms with Crippen molar-refractivity contribution in [3.8, 4) is 17.2 Å². The van der Waals surface area contributed by atoms with Gasteiger partial charge in [-0.3, -0.25) is 0 Å². The number of aryl methyl sites for hydroxylation is 2. The first-order chi connectivity index (χ1) is 17.1. The van der Waals surface area contributed by atoms with Crippen LogP contribution in [-0.4, -0.2) is 30.7 Å². The van der Waals surface area contributed by atoms with Gasteiger partial charge in [-0.05, 0) is 73.2 Å². The average Bonchev–Trinajstić information content (AvgIpc) is 2.84. The molecule has 0 aliphatic heterocycles. The van der Waals surface area contributed by atoms with Gasteiger partial charge in [-0.1, -0.05) is 37.5 Å². The molecule has 0 unspecified atom stereocenters. The lowest BCUT2D eigenvalue weighted by Crippen LogP contribution is -2.49. The number of anilines is 1. The summed E-state index contributed by atoms with van der Waals surface area (Å²) >= 11 is 0. The van der Waals surface area contributed by atoms with Gasteiger partial charge in [-0.15, -0.1) is 0 Å². The summed E-state index contributed by atoms with van der Waals surface area (Å²) in [6.45, 7) is 3.74. The van der Waals surface area contributed by atoms with Crippen LogP contribution >= 0.6 is 0 Å². The van der Waals surface area contributed by atoms with Crippen LogP contribution in [0.2, 0.25) is 0 Å². The number of nitriles is 1. The highest BCUT2D eigenvalue weighted by atomic mass is 32.2. The van der Waals surface area contributed by atoms with Gasteiger partial charge in [0.2, 0.25) is 5.82 Å². The van der Waals surface area contributed by atoms with Crippen molar-refractivity contribution in [2.24, 2.45) is 0 Å². The molecule has 1 aliphatic rings. The zero-order valence-corrected chi connectivity index (χ0v) is 21.4. The van der Waals surface area contributed by atoms with Crippen molar-refractivity contribution in [1.29, 1.82) is 5.26 Å². The number of benzene rings is 2. The monoisotopic (exact) mass is 503 g/mol. The van der Waals surface area contributed by atoms with Crippen LogP contribution in [0.5, 0.6) is 0 Å². The van der Waals surface area contributed by atoms with Crippen LogP contribution in [0.4, 0.5) is 10.5 Å². The van der Waals surface area contributed by atoms with Crippen molar-refractivity contribution in [2.45, 2.75) is 56.4 Å². The topological polar surface area (TPSA) is 125 Å². The Hall–Kier alpha value is -3.77. The Bertz CT molecular complexity index is 1450. The van der Waals surface area contributed by atoms with Crippen LogP contribution < -0.4 is 10.6 Å². The molecule has 36 heavy (non-hydrogen) atoms. The number of carbonyl (C=O) groups is 1. The number of urea groups is 1. The summed E-state index contributed by atoms with van der Waals surface area (Å²) in [5, 5.41) is 15.3. The lowest BCUT2D eigenvalue weighted by atomic mass is 9.79. The number of hydrogen-bond donors (Lipinski definition) is 2. The molecule has 0 atom stereocenters. The first-order valence-electron chi connectivity index (χ1n) is 11.9. The van der Waals surface area contributed by atoms with Crippen LogP contribution in [0.3, 0.4) is 0 Å². The van der Waals surface area contributed by atoms with E-state index in [-0.39, 0.29) is 11.9 Å². The van der Waals surface area contributed by atoms with E-state index in [1.807, 2.05) is 37.3 Å². The molecule has 3 aromatic rings. The molecule has 0 bridgehead atoms. The first-order valence-corrected chi connectivity index (χ1v) is 13.7. The quantitative estimate of drug-likeness (QED) is 0.504. The van der Waals surface area contributed by atoms with Crippen molar-refractivity contribution < 1.29 is 13.2 Å². The second kappa shape index (κ2) is 10.1. The number of carbonyl (C=O) groups excluding carboxylic acids is 1. The molecule has 8 nitrogen and oxygen atoms in total. The fourth-order valence-electron chi connectivity index (χ4n) is 4.96. The van der Waals surface area contributed by atoms with E-state index < -0.39 is 15.4 Å². The fourth-order valence-corrected chi connectivity index (χ4v) is 5.92. The number of amides is 2. The molecule has 0 radical (unpaired) electrons. The van der Waals surface area contributed by atoms with Crippen LogP contribution in [0, 0.1) is 25.2 Å². The van der Waals surface area contributed by atoms with Crippen LogP contribution in [-0.2, 0) is 15.4 Å². The van der Waals surface area contributed by atoms with Crippen molar-refractivity contribution in [3.05, 3.63) is 71.3 Å². The maximum Gasteiger partial charge on any atom is 0.319 e. The second-order valence-corrected chi connectivity index (χ2v) is 11.4. The van der Waals surface area contributed by atoms with Crippen molar-refractivity contribution in [1.82, 2.24) is 15.3 Å². The number of aromatic nitrogens is 2. The standard InChI is InChI=1S/C27H29N5O3S/c1-18-16-21(8-9-22(18)20-7-10-23(19(2)15-20)36(3,34)35)30-26(33)32-27(12-5-4-6-13-27)24-11-14-29-25(17-28)31-24/h7-11,14-16H,4-6,12-13H2,1-3H3,(H2,30,32,33). The molecule has 2 amide bonds. The number of nitrogens with zero attached hydrogens (tertiary/aromatic N) is 3. The molecule has 0 saturated heterocycles. The summed E-state index contributed by atoms with van der Waals surface area (Å²) in [5.41, 5.74) is 4.15. The molecule has 4 rings (SSSR count). The fraction of sp³-hybridized carbons (Fsp3) is 0.333. The average molecular weight is 504 g/mol. The van der Waals surface area contributed by atoms with E-state index in [4.69, 9.17) is 0 Å². The molecule has 9 heteroatoms. The van der Waals surface area contributed by atoms with Gasteiger partial charge in [0.15, 0.2) is 9.84 Å². The minimum Gasteiger partial charge on any atom is -0.327 e. The molecular formula is C27H29N5O3S. The van der Waals surface area contributed by atoms with E-state index >= 15 is 0 Å². The lowest BCUT2D eigenvalue weighted by Gasteiger charge is -2.37. The maximum absolute atomic E-state index is 13.1. The van der Waals surface area contributed by atoms with Gasteiger partial charge in [0.25, 0.3) is 0 Å². The molecule has 1 saturated carbocycles. The van der Waals surface area contributed by atoms with Gasteiger partial charge in [0.05, 0.1) is 16.1 Å². The molecule has 1 fully saturated rings. The smallest absolute Gasteiger partial charge is 0.319 e. The third-order valence-electron chi connectivity index (χ3n) is 6.68. The van der Waals surface area contributed by atoms with Crippen LogP contribution in [0.15, 0.2) is 53.6 Å². The maximum atomic E-state index is 13.1. The normalized spacial score (nSPS) is 15.1. The van der Waals surface area contributed by atoms with E-state index in [0.29, 0.717) is 21.8 Å². The second-order valence-electron chi connectivity index (χ2n) is 9.38. The minimum absolute atomic E-state index is 0.0886. The molecule has 1 heterocycles. The summed E-state index contributed by atoms with van der Waals surface area (Å²) in [7, 11) is -3.28. The Balaban J connectivity index is 1.54. The third-order valence-corrected chi connectivity index (χ3v) is 7.93. The Morgan fingerprint density at radius 3 is 2.42 bits per heavy atom. The summed E-state index contributed by atoms with van der Waals surface area (Å²) in [6.07, 6.45) is 7.24. The van der Waals surface area contributed by atoms with E-state index in [0.717, 1.165) is 48.8 Å². The molecule has 2 aromatic carbocycles. The van der Waals surface area contributed by atoms with Gasteiger partial charge < -0.3 is 10.6 Å². The largest absolute Gasteiger partial charge is 0.327 e. The van der Waals surface area contributed by atoms with Gasteiger partial charge in [-0.2, -0.15) is 5.26 Å². The number of rotatable bonds is 5. The molecule has 0 spiro atoms. The highest BCUT2D eigenvalue weighted by Crippen LogP contribution is 2.36. The molecule has 2 N–H and O–H groups in total. The Morgan fingerprint density at radius 1 is 1.03 bits per heavy atom. The van der Waals surface area contributed by atoms with E-state index in [2.05, 4.69) is 20.6 Å². The van der Waals surface area contributed by atoms with Gasteiger partial charge in [0.1, 0.15) is 6.07 Å². The highest BCUT2D eigenvalue weighted by Gasteiger charge is 2.37. The summed E-state index contributed by atoms with van der Waals surface area (Å²) < 4.78 is 23.9. The Labute approximate surface area is 211 Å². The summed E-state index contributed by atoms with van der Waals surface area (Å²) in [4.78, 5) is 21.7. The van der Waals surface area contributed by atoms with Crippen molar-refractivity contribution in [2.75, 3.05) is 11.6 Å². The highest BCUT2D eigenvalue weighted by molar-refractivity contribution is 7.90. The Kier molecular flexibility index (Phi) is 7.09. The Morgan fingerprint density at radius 2 is 1.78 bits per heavy atom. The SMILES string of the molecule is Cc1cc(NC(=O)NC2(c3ccnc(C#N)n3)CCCCC2)ccc1-c1ccc(S(C)(=O)=O)c(C)c1. The molecule has 1 aliphatic carbocycles. The van der Waals surface area contributed by atoms with E-state index in [1.165, 1.54) is 6.26 Å². The summed E-state index contributed by atoms with van der Waals surface area (Å²) in [5.74, 6) is 0.0886. The zero-order valence-electron chi connectivity index (χ0n) is 20.6. The number of sulfone groups is 1. The van der Waals surface area contributed by atoms with Crippen LogP contribution in [0.25, 0.3) is 11.1 Å². The molecule has 186 valence electrons. The minimum atomic E-state index is -3.28. The van der Waals surface area contributed by atoms with Crippen LogP contribution in [0.1, 0.15) is 54.7 Å². The molecular weight excluding hydrogens is 474 g/mol. The summed E-state index contributed by atoms with van der Waals surface area (Å²) in [6, 6.07) is 14.3. The third kappa shape index (κ3) is 5.39. The van der Waals surface area contributed by atoms with Crippen molar-refractivity contribution in [3.63, 3.8) is 0 Å². The first kappa shape index (κ1) is 25.3. The number of nitrogens with one attached hydrogen (secondary N) is 2. The predicted molar refractivity (Wildman–Crippen MR) is 138 cm³/mol. The molecule has 1 aromatic heterocycles. The number of hydrogen-bond acceptors (Lipinski definition) is 6. The van der Waals surface area contributed by atoms with Gasteiger partial charge >= 0.3 is 6.03 Å². The predicted octanol–water partition coefficient (Wildman–Crippen LogP) is 5.02.